The Bertz CT molecular complexity index is 494. The smallest absolute Gasteiger partial charge is 0.367 e. The lowest BCUT2D eigenvalue weighted by Crippen LogP contribution is -2.31. The summed E-state index contributed by atoms with van der Waals surface area (Å²) in [6.07, 6.45) is -2.98. The van der Waals surface area contributed by atoms with Crippen LogP contribution in [0.25, 0.3) is 0 Å². The van der Waals surface area contributed by atoms with Crippen molar-refractivity contribution in [2.24, 2.45) is 0 Å². The quantitative estimate of drug-likeness (QED) is 0.717. The van der Waals surface area contributed by atoms with Crippen LogP contribution < -0.4 is 4.90 Å². The van der Waals surface area contributed by atoms with Gasteiger partial charge in [0.2, 0.25) is 0 Å². The molecule has 0 saturated heterocycles. The van der Waals surface area contributed by atoms with Gasteiger partial charge in [0.25, 0.3) is 0 Å². The van der Waals surface area contributed by atoms with Crippen LogP contribution in [0.2, 0.25) is 0 Å². The van der Waals surface area contributed by atoms with Gasteiger partial charge in [0.15, 0.2) is 0 Å². The lowest BCUT2D eigenvalue weighted by atomic mass is 10.1. The molecule has 0 aromatic heterocycles. The second kappa shape index (κ2) is 4.73. The number of nitriles is 1. The number of hydrogen-bond acceptors (Lipinski definition) is 2. The van der Waals surface area contributed by atoms with E-state index in [2.05, 4.69) is 0 Å². The van der Waals surface area contributed by atoms with Crippen molar-refractivity contribution in [3.63, 3.8) is 0 Å². The molecule has 1 aromatic rings. The highest BCUT2D eigenvalue weighted by Crippen LogP contribution is 2.31. The molecular formula is C13H11F3N2. The molecule has 2 rings (SSSR count). The summed E-state index contributed by atoms with van der Waals surface area (Å²) in [5.41, 5.74) is 0.932. The number of halogens is 3. The zero-order valence-corrected chi connectivity index (χ0v) is 9.54. The third kappa shape index (κ3) is 2.65. The lowest BCUT2D eigenvalue weighted by molar-refractivity contribution is -0.0943. The van der Waals surface area contributed by atoms with Crippen LogP contribution in [0.15, 0.2) is 35.9 Å². The average Bonchev–Trinajstić information content (AvgIpc) is 2.38. The molecule has 0 unspecified atom stereocenters. The third-order valence-electron chi connectivity index (χ3n) is 2.93. The molecular weight excluding hydrogens is 241 g/mol. The number of rotatable bonds is 1. The average molecular weight is 252 g/mol. The predicted molar refractivity (Wildman–Crippen MR) is 62.1 cm³/mol. The first-order valence-corrected chi connectivity index (χ1v) is 5.52. The van der Waals surface area contributed by atoms with Crippen LogP contribution in [0.4, 0.5) is 18.9 Å². The first-order chi connectivity index (χ1) is 8.50. The Morgan fingerprint density at radius 2 is 1.83 bits per heavy atom. The Hall–Kier alpha value is -1.96. The first-order valence-electron chi connectivity index (χ1n) is 5.52. The molecule has 0 atom stereocenters. The molecule has 1 aliphatic heterocycles. The van der Waals surface area contributed by atoms with E-state index in [1.54, 1.807) is 24.3 Å². The van der Waals surface area contributed by atoms with Crippen molar-refractivity contribution in [3.8, 4) is 6.07 Å². The monoisotopic (exact) mass is 252 g/mol. The van der Waals surface area contributed by atoms with E-state index in [0.717, 1.165) is 5.69 Å². The maximum Gasteiger partial charge on any atom is 0.412 e. The highest BCUT2D eigenvalue weighted by Gasteiger charge is 2.34. The summed E-state index contributed by atoms with van der Waals surface area (Å²) in [7, 11) is 0. The van der Waals surface area contributed by atoms with E-state index < -0.39 is 11.7 Å². The molecule has 0 N–H and O–H groups in total. The van der Waals surface area contributed by atoms with Gasteiger partial charge in [-0.3, -0.25) is 0 Å². The van der Waals surface area contributed by atoms with E-state index in [0.29, 0.717) is 12.1 Å². The molecule has 5 heteroatoms. The van der Waals surface area contributed by atoms with Gasteiger partial charge in [-0.2, -0.15) is 18.4 Å². The van der Waals surface area contributed by atoms with Crippen LogP contribution >= 0.6 is 0 Å². The highest BCUT2D eigenvalue weighted by atomic mass is 19.4. The molecule has 0 amide bonds. The molecule has 0 bridgehead atoms. The van der Waals surface area contributed by atoms with Gasteiger partial charge in [-0.15, -0.1) is 0 Å². The summed E-state index contributed by atoms with van der Waals surface area (Å²) in [4.78, 5) is 1.86. The van der Waals surface area contributed by atoms with Crippen molar-refractivity contribution < 1.29 is 13.2 Å². The number of hydrogen-bond donors (Lipinski definition) is 0. The van der Waals surface area contributed by atoms with Crippen molar-refractivity contribution in [1.29, 1.82) is 5.26 Å². The van der Waals surface area contributed by atoms with Crippen molar-refractivity contribution >= 4 is 5.69 Å². The number of alkyl halides is 3. The van der Waals surface area contributed by atoms with Crippen LogP contribution in [0.3, 0.4) is 0 Å². The fourth-order valence-corrected chi connectivity index (χ4v) is 1.91. The van der Waals surface area contributed by atoms with Gasteiger partial charge in [0.05, 0.1) is 11.6 Å². The van der Waals surface area contributed by atoms with Crippen molar-refractivity contribution in [1.82, 2.24) is 0 Å². The van der Waals surface area contributed by atoms with Gasteiger partial charge in [-0.25, -0.2) is 0 Å². The highest BCUT2D eigenvalue weighted by molar-refractivity contribution is 5.51. The van der Waals surface area contributed by atoms with Crippen LogP contribution in [0.1, 0.15) is 12.0 Å². The molecule has 94 valence electrons. The minimum absolute atomic E-state index is 0.00347. The van der Waals surface area contributed by atoms with Gasteiger partial charge >= 0.3 is 6.18 Å². The summed E-state index contributed by atoms with van der Waals surface area (Å²) in [6, 6.07) is 8.84. The van der Waals surface area contributed by atoms with Crippen molar-refractivity contribution in [2.45, 2.75) is 12.6 Å². The van der Waals surface area contributed by atoms with E-state index >= 15 is 0 Å². The molecule has 0 spiro atoms. The van der Waals surface area contributed by atoms with Gasteiger partial charge in [-0.05, 0) is 30.7 Å². The van der Waals surface area contributed by atoms with E-state index in [-0.39, 0.29) is 13.0 Å². The SMILES string of the molecule is N#Cc1ccc(N2CC=C(C(F)(F)F)CC2)cc1. The fourth-order valence-electron chi connectivity index (χ4n) is 1.91. The maximum atomic E-state index is 12.4. The second-order valence-electron chi connectivity index (χ2n) is 4.08. The van der Waals surface area contributed by atoms with Crippen molar-refractivity contribution in [2.75, 3.05) is 18.0 Å². The lowest BCUT2D eigenvalue weighted by Gasteiger charge is -2.29. The molecule has 2 nitrogen and oxygen atoms in total. The van der Waals surface area contributed by atoms with E-state index in [4.69, 9.17) is 5.26 Å². The second-order valence-corrected chi connectivity index (χ2v) is 4.08. The van der Waals surface area contributed by atoms with E-state index in [1.807, 2.05) is 11.0 Å². The first kappa shape index (κ1) is 12.5. The third-order valence-corrected chi connectivity index (χ3v) is 2.93. The van der Waals surface area contributed by atoms with Crippen LogP contribution in [-0.4, -0.2) is 19.3 Å². The maximum absolute atomic E-state index is 12.4. The minimum Gasteiger partial charge on any atom is -0.367 e. The Morgan fingerprint density at radius 1 is 1.17 bits per heavy atom. The van der Waals surface area contributed by atoms with Crippen LogP contribution in [0, 0.1) is 11.3 Å². The molecule has 0 saturated carbocycles. The number of nitrogens with zero attached hydrogens (tertiary/aromatic N) is 2. The molecule has 1 aliphatic rings. The Kier molecular flexibility index (Phi) is 3.28. The topological polar surface area (TPSA) is 27.0 Å². The van der Waals surface area contributed by atoms with Crippen LogP contribution in [0.5, 0.6) is 0 Å². The Balaban J connectivity index is 2.10. The molecule has 0 aliphatic carbocycles. The van der Waals surface area contributed by atoms with E-state index in [9.17, 15) is 13.2 Å². The summed E-state index contributed by atoms with van der Waals surface area (Å²) in [5, 5.41) is 8.66. The fraction of sp³-hybridized carbons (Fsp3) is 0.308. The zero-order chi connectivity index (χ0) is 13.2. The van der Waals surface area contributed by atoms with Crippen LogP contribution in [-0.2, 0) is 0 Å². The molecule has 0 radical (unpaired) electrons. The Labute approximate surface area is 103 Å². The van der Waals surface area contributed by atoms with E-state index in [1.165, 1.54) is 6.08 Å². The van der Waals surface area contributed by atoms with Gasteiger partial charge < -0.3 is 4.90 Å². The normalized spacial score (nSPS) is 16.1. The summed E-state index contributed by atoms with van der Waals surface area (Å²) in [6.45, 7) is 0.595. The van der Waals surface area contributed by atoms with Gasteiger partial charge in [-0.1, -0.05) is 6.08 Å². The molecule has 0 fully saturated rings. The number of anilines is 1. The molecule has 1 heterocycles. The number of benzene rings is 1. The summed E-state index contributed by atoms with van der Waals surface area (Å²) >= 11 is 0. The predicted octanol–water partition coefficient (Wildman–Crippen LogP) is 3.26. The summed E-state index contributed by atoms with van der Waals surface area (Å²) < 4.78 is 37.3. The van der Waals surface area contributed by atoms with Crippen molar-refractivity contribution in [3.05, 3.63) is 41.5 Å². The summed E-state index contributed by atoms with van der Waals surface area (Å²) in [5.74, 6) is 0. The largest absolute Gasteiger partial charge is 0.412 e. The molecule has 18 heavy (non-hydrogen) atoms. The standard InChI is InChI=1S/C13H11F3N2/c14-13(15,16)11-5-7-18(8-6-11)12-3-1-10(9-17)2-4-12/h1-5H,6-8H2. The van der Waals surface area contributed by atoms with Gasteiger partial charge in [0, 0.05) is 24.4 Å². The minimum atomic E-state index is -4.21. The van der Waals surface area contributed by atoms with Gasteiger partial charge in [0.1, 0.15) is 0 Å². The Morgan fingerprint density at radius 3 is 2.28 bits per heavy atom. The zero-order valence-electron chi connectivity index (χ0n) is 9.54. The molecule has 1 aromatic carbocycles.